The molecule has 1 N–H and O–H groups in total. The first kappa shape index (κ1) is 11.6. The van der Waals surface area contributed by atoms with E-state index in [0.717, 1.165) is 18.8 Å². The second-order valence-corrected chi connectivity index (χ2v) is 4.59. The van der Waals surface area contributed by atoms with E-state index in [2.05, 4.69) is 34.3 Å². The zero-order valence-corrected chi connectivity index (χ0v) is 10.2. The van der Waals surface area contributed by atoms with Crippen molar-refractivity contribution in [3.05, 3.63) is 29.6 Å². The highest BCUT2D eigenvalue weighted by atomic mass is 15.2. The van der Waals surface area contributed by atoms with Gasteiger partial charge in [0.05, 0.1) is 0 Å². The van der Waals surface area contributed by atoms with Gasteiger partial charge in [0, 0.05) is 37.6 Å². The van der Waals surface area contributed by atoms with Gasteiger partial charge in [0.15, 0.2) is 0 Å². The third-order valence-electron chi connectivity index (χ3n) is 3.14. The fourth-order valence-electron chi connectivity index (χ4n) is 2.28. The lowest BCUT2D eigenvalue weighted by Crippen LogP contribution is -2.32. The SMILES string of the molecule is CCNC1CCN(Cc2ccc(C)nc2)C1. The van der Waals surface area contributed by atoms with E-state index in [9.17, 15) is 0 Å². The van der Waals surface area contributed by atoms with E-state index in [1.807, 2.05) is 13.1 Å². The molecule has 1 fully saturated rings. The first-order valence-electron chi connectivity index (χ1n) is 6.15. The highest BCUT2D eigenvalue weighted by Gasteiger charge is 2.21. The van der Waals surface area contributed by atoms with E-state index in [1.54, 1.807) is 0 Å². The van der Waals surface area contributed by atoms with Gasteiger partial charge >= 0.3 is 0 Å². The molecule has 1 aromatic rings. The van der Waals surface area contributed by atoms with Crippen LogP contribution in [-0.4, -0.2) is 35.6 Å². The molecule has 0 amide bonds. The summed E-state index contributed by atoms with van der Waals surface area (Å²) < 4.78 is 0. The standard InChI is InChI=1S/C13H21N3/c1-3-14-13-6-7-16(10-13)9-12-5-4-11(2)15-8-12/h4-5,8,13-14H,3,6-7,9-10H2,1-2H3. The Labute approximate surface area is 97.9 Å². The van der Waals surface area contributed by atoms with Crippen LogP contribution in [0.25, 0.3) is 0 Å². The molecule has 3 heteroatoms. The predicted molar refractivity (Wildman–Crippen MR) is 66.3 cm³/mol. The zero-order valence-electron chi connectivity index (χ0n) is 10.2. The van der Waals surface area contributed by atoms with Crippen LogP contribution < -0.4 is 5.32 Å². The summed E-state index contributed by atoms with van der Waals surface area (Å²) in [7, 11) is 0. The van der Waals surface area contributed by atoms with E-state index < -0.39 is 0 Å². The van der Waals surface area contributed by atoms with Gasteiger partial charge in [-0.2, -0.15) is 0 Å². The van der Waals surface area contributed by atoms with E-state index in [-0.39, 0.29) is 0 Å². The van der Waals surface area contributed by atoms with Gasteiger partial charge in [-0.1, -0.05) is 13.0 Å². The van der Waals surface area contributed by atoms with Crippen LogP contribution in [-0.2, 0) is 6.54 Å². The van der Waals surface area contributed by atoms with Crippen molar-refractivity contribution in [1.82, 2.24) is 15.2 Å². The van der Waals surface area contributed by atoms with E-state index >= 15 is 0 Å². The number of aromatic nitrogens is 1. The number of rotatable bonds is 4. The smallest absolute Gasteiger partial charge is 0.0372 e. The number of likely N-dealkylation sites (tertiary alicyclic amines) is 1. The summed E-state index contributed by atoms with van der Waals surface area (Å²) in [5, 5.41) is 3.51. The Balaban J connectivity index is 1.84. The van der Waals surface area contributed by atoms with E-state index in [1.165, 1.54) is 25.1 Å². The van der Waals surface area contributed by atoms with Crippen LogP contribution in [0, 0.1) is 6.92 Å². The summed E-state index contributed by atoms with van der Waals surface area (Å²) in [5.74, 6) is 0. The minimum absolute atomic E-state index is 0.684. The summed E-state index contributed by atoms with van der Waals surface area (Å²) in [4.78, 5) is 6.83. The molecule has 1 saturated heterocycles. The molecule has 0 aromatic carbocycles. The molecule has 1 aliphatic rings. The minimum Gasteiger partial charge on any atom is -0.313 e. The summed E-state index contributed by atoms with van der Waals surface area (Å²) in [6.45, 7) is 8.68. The fraction of sp³-hybridized carbons (Fsp3) is 0.615. The van der Waals surface area contributed by atoms with Gasteiger partial charge in [0.25, 0.3) is 0 Å². The molecule has 2 heterocycles. The summed E-state index contributed by atoms with van der Waals surface area (Å²) in [6.07, 6.45) is 3.27. The van der Waals surface area contributed by atoms with Crippen LogP contribution >= 0.6 is 0 Å². The summed E-state index contributed by atoms with van der Waals surface area (Å²) in [5.41, 5.74) is 2.42. The number of pyridine rings is 1. The van der Waals surface area contributed by atoms with Crippen molar-refractivity contribution < 1.29 is 0 Å². The molecule has 1 unspecified atom stereocenters. The van der Waals surface area contributed by atoms with Crippen molar-refractivity contribution in [2.24, 2.45) is 0 Å². The molecule has 0 aliphatic carbocycles. The monoisotopic (exact) mass is 219 g/mol. The highest BCUT2D eigenvalue weighted by Crippen LogP contribution is 2.13. The molecular formula is C13H21N3. The van der Waals surface area contributed by atoms with Crippen molar-refractivity contribution in [1.29, 1.82) is 0 Å². The third kappa shape index (κ3) is 3.03. The average Bonchev–Trinajstić information content (AvgIpc) is 2.70. The number of nitrogens with zero attached hydrogens (tertiary/aromatic N) is 2. The predicted octanol–water partition coefficient (Wildman–Crippen LogP) is 1.57. The van der Waals surface area contributed by atoms with E-state index in [0.29, 0.717) is 6.04 Å². The molecule has 16 heavy (non-hydrogen) atoms. The molecule has 1 aliphatic heterocycles. The fourth-order valence-corrected chi connectivity index (χ4v) is 2.28. The van der Waals surface area contributed by atoms with Crippen LogP contribution in [0.4, 0.5) is 0 Å². The zero-order chi connectivity index (χ0) is 11.4. The highest BCUT2D eigenvalue weighted by molar-refractivity contribution is 5.13. The molecule has 88 valence electrons. The second-order valence-electron chi connectivity index (χ2n) is 4.59. The Kier molecular flexibility index (Phi) is 3.91. The maximum absolute atomic E-state index is 4.33. The van der Waals surface area contributed by atoms with Gasteiger partial charge in [-0.25, -0.2) is 0 Å². The lowest BCUT2D eigenvalue weighted by Gasteiger charge is -2.16. The van der Waals surface area contributed by atoms with Crippen LogP contribution in [0.5, 0.6) is 0 Å². The van der Waals surface area contributed by atoms with Crippen LogP contribution in [0.1, 0.15) is 24.6 Å². The molecule has 3 nitrogen and oxygen atoms in total. The van der Waals surface area contributed by atoms with Gasteiger partial charge in [-0.15, -0.1) is 0 Å². The van der Waals surface area contributed by atoms with Gasteiger partial charge in [0.2, 0.25) is 0 Å². The van der Waals surface area contributed by atoms with Crippen LogP contribution in [0.3, 0.4) is 0 Å². The first-order valence-corrected chi connectivity index (χ1v) is 6.15. The third-order valence-corrected chi connectivity index (χ3v) is 3.14. The molecule has 0 bridgehead atoms. The number of likely N-dealkylation sites (N-methyl/N-ethyl adjacent to an activating group) is 1. The Morgan fingerprint density at radius 1 is 1.50 bits per heavy atom. The lowest BCUT2D eigenvalue weighted by molar-refractivity contribution is 0.320. The summed E-state index contributed by atoms with van der Waals surface area (Å²) in [6, 6.07) is 4.96. The van der Waals surface area contributed by atoms with Crippen molar-refractivity contribution in [2.45, 2.75) is 32.9 Å². The van der Waals surface area contributed by atoms with Crippen molar-refractivity contribution in [3.8, 4) is 0 Å². The van der Waals surface area contributed by atoms with Gasteiger partial charge in [-0.05, 0) is 31.5 Å². The molecule has 2 rings (SSSR count). The molecule has 0 saturated carbocycles. The minimum atomic E-state index is 0.684. The number of nitrogens with one attached hydrogen (secondary N) is 1. The van der Waals surface area contributed by atoms with Crippen molar-refractivity contribution >= 4 is 0 Å². The number of hydrogen-bond donors (Lipinski definition) is 1. The largest absolute Gasteiger partial charge is 0.313 e. The Bertz CT molecular complexity index is 320. The molecular weight excluding hydrogens is 198 g/mol. The maximum Gasteiger partial charge on any atom is 0.0372 e. The molecule has 0 radical (unpaired) electrons. The maximum atomic E-state index is 4.33. The van der Waals surface area contributed by atoms with Crippen molar-refractivity contribution in [3.63, 3.8) is 0 Å². The Morgan fingerprint density at radius 2 is 2.38 bits per heavy atom. The van der Waals surface area contributed by atoms with Crippen LogP contribution in [0.15, 0.2) is 18.3 Å². The molecule has 1 aromatic heterocycles. The average molecular weight is 219 g/mol. The quantitative estimate of drug-likeness (QED) is 0.833. The Morgan fingerprint density at radius 3 is 3.06 bits per heavy atom. The second kappa shape index (κ2) is 5.41. The number of hydrogen-bond acceptors (Lipinski definition) is 3. The van der Waals surface area contributed by atoms with Gasteiger partial charge in [-0.3, -0.25) is 9.88 Å². The summed E-state index contributed by atoms with van der Waals surface area (Å²) >= 11 is 0. The van der Waals surface area contributed by atoms with Crippen LogP contribution in [0.2, 0.25) is 0 Å². The number of aryl methyl sites for hydroxylation is 1. The van der Waals surface area contributed by atoms with Gasteiger partial charge < -0.3 is 5.32 Å². The van der Waals surface area contributed by atoms with Crippen molar-refractivity contribution in [2.75, 3.05) is 19.6 Å². The normalized spacial score (nSPS) is 21.5. The lowest BCUT2D eigenvalue weighted by atomic mass is 10.2. The Hall–Kier alpha value is -0.930. The van der Waals surface area contributed by atoms with Gasteiger partial charge in [0.1, 0.15) is 0 Å². The molecule has 0 spiro atoms. The topological polar surface area (TPSA) is 28.2 Å². The molecule has 1 atom stereocenters. The first-order chi connectivity index (χ1) is 7.78. The van der Waals surface area contributed by atoms with E-state index in [4.69, 9.17) is 0 Å².